The van der Waals surface area contributed by atoms with Crippen LogP contribution in [0.2, 0.25) is 0 Å². The van der Waals surface area contributed by atoms with Crippen molar-refractivity contribution in [2.24, 2.45) is 11.3 Å². The largest absolute Gasteiger partial charge is 0.573 e. The molecule has 1 atom stereocenters. The van der Waals surface area contributed by atoms with E-state index < -0.39 is 12.3 Å². The molecule has 0 saturated heterocycles. The molecule has 0 heterocycles. The number of halogens is 3. The number of carboxylic acid groups (broad SMARTS) is 1. The zero-order valence-corrected chi connectivity index (χ0v) is 17.6. The smallest absolute Gasteiger partial charge is 0.478 e. The second-order valence-corrected chi connectivity index (χ2v) is 8.03. The molecule has 2 rings (SSSR count). The van der Waals surface area contributed by atoms with Crippen LogP contribution < -0.4 is 4.74 Å². The zero-order chi connectivity index (χ0) is 23.4. The van der Waals surface area contributed by atoms with Gasteiger partial charge < -0.3 is 9.84 Å². The van der Waals surface area contributed by atoms with E-state index in [0.717, 1.165) is 23.8 Å². The molecule has 7 heteroatoms. The number of benzene rings is 1. The monoisotopic (exact) mass is 432 g/mol. The van der Waals surface area contributed by atoms with Gasteiger partial charge in [0.15, 0.2) is 5.78 Å². The number of ketones is 1. The van der Waals surface area contributed by atoms with E-state index in [2.05, 4.69) is 16.6 Å². The van der Waals surface area contributed by atoms with Gasteiger partial charge in [-0.25, -0.2) is 4.79 Å². The van der Waals surface area contributed by atoms with E-state index in [4.69, 9.17) is 5.11 Å². The van der Waals surface area contributed by atoms with Gasteiger partial charge in [0, 0.05) is 24.0 Å². The number of alkyl halides is 3. The molecule has 1 N–H and O–H groups in total. The van der Waals surface area contributed by atoms with Crippen molar-refractivity contribution in [3.8, 4) is 17.6 Å². The Bertz CT molecular complexity index is 1010. The zero-order valence-electron chi connectivity index (χ0n) is 17.6. The molecule has 4 nitrogen and oxygen atoms in total. The number of hydrogen-bond acceptors (Lipinski definition) is 3. The summed E-state index contributed by atoms with van der Waals surface area (Å²) in [4.78, 5) is 23.5. The highest BCUT2D eigenvalue weighted by molar-refractivity contribution is 6.02. The minimum absolute atomic E-state index is 0.102. The van der Waals surface area contributed by atoms with Gasteiger partial charge in [-0.1, -0.05) is 37.8 Å². The average molecular weight is 432 g/mol. The fraction of sp³-hybridized carbons (Fsp3) is 0.333. The van der Waals surface area contributed by atoms with Crippen molar-refractivity contribution in [2.75, 3.05) is 0 Å². The Balaban J connectivity index is 2.34. The summed E-state index contributed by atoms with van der Waals surface area (Å²) in [5.41, 5.74) is 1.78. The lowest BCUT2D eigenvalue weighted by atomic mass is 9.66. The Hall–Kier alpha value is -3.27. The van der Waals surface area contributed by atoms with Gasteiger partial charge in [-0.05, 0) is 54.7 Å². The van der Waals surface area contributed by atoms with E-state index in [-0.39, 0.29) is 29.3 Å². The predicted molar refractivity (Wildman–Crippen MR) is 110 cm³/mol. The molecule has 164 valence electrons. The van der Waals surface area contributed by atoms with Gasteiger partial charge in [-0.15, -0.1) is 13.2 Å². The molecular weight excluding hydrogens is 409 g/mol. The molecule has 0 radical (unpaired) electrons. The van der Waals surface area contributed by atoms with E-state index in [1.54, 1.807) is 13.0 Å². The lowest BCUT2D eigenvalue weighted by Gasteiger charge is -2.37. The minimum atomic E-state index is -4.77. The van der Waals surface area contributed by atoms with Crippen molar-refractivity contribution in [1.29, 1.82) is 0 Å². The van der Waals surface area contributed by atoms with E-state index in [0.29, 0.717) is 16.7 Å². The van der Waals surface area contributed by atoms with Crippen LogP contribution >= 0.6 is 0 Å². The second-order valence-electron chi connectivity index (χ2n) is 8.03. The third-order valence-corrected chi connectivity index (χ3v) is 4.92. The van der Waals surface area contributed by atoms with E-state index in [1.807, 2.05) is 26.8 Å². The summed E-state index contributed by atoms with van der Waals surface area (Å²) in [6.07, 6.45) is 0.190. The number of rotatable bonds is 4. The fourth-order valence-electron chi connectivity index (χ4n) is 3.51. The van der Waals surface area contributed by atoms with Crippen LogP contribution in [0.25, 0.3) is 0 Å². The van der Waals surface area contributed by atoms with Gasteiger partial charge >= 0.3 is 12.3 Å². The Morgan fingerprint density at radius 3 is 2.39 bits per heavy atom. The van der Waals surface area contributed by atoms with Gasteiger partial charge in [0.25, 0.3) is 0 Å². The number of carboxylic acids is 1. The lowest BCUT2D eigenvalue weighted by molar-refractivity contribution is -0.274. The summed E-state index contributed by atoms with van der Waals surface area (Å²) in [7, 11) is 0. The van der Waals surface area contributed by atoms with Crippen LogP contribution in [0, 0.1) is 23.2 Å². The molecule has 1 aliphatic carbocycles. The number of carbonyl (C=O) groups excluding carboxylic acids is 1. The van der Waals surface area contributed by atoms with Crippen LogP contribution in [0.5, 0.6) is 5.75 Å². The van der Waals surface area contributed by atoms with Crippen LogP contribution in [-0.4, -0.2) is 23.2 Å². The number of aliphatic carboxylic acids is 1. The third kappa shape index (κ3) is 6.88. The molecular formula is C24H23F3O4. The normalized spacial score (nSPS) is 19.3. The maximum absolute atomic E-state index is 12.7. The van der Waals surface area contributed by atoms with Crippen LogP contribution in [0.15, 0.2) is 59.2 Å². The first-order valence-corrected chi connectivity index (χ1v) is 9.50. The summed E-state index contributed by atoms with van der Waals surface area (Å²) in [6.45, 7) is 7.42. The number of hydrogen-bond donors (Lipinski definition) is 1. The maximum Gasteiger partial charge on any atom is 0.573 e. The molecule has 0 saturated carbocycles. The number of allylic oxidation sites excluding steroid dienone is 5. The summed E-state index contributed by atoms with van der Waals surface area (Å²) in [5.74, 6) is 4.08. The number of carbonyl (C=O) groups is 2. The van der Waals surface area contributed by atoms with Crippen LogP contribution in [-0.2, 0) is 9.59 Å². The molecule has 1 unspecified atom stereocenters. The summed E-state index contributed by atoms with van der Waals surface area (Å²) in [6, 6.07) is 5.10. The van der Waals surface area contributed by atoms with Crippen LogP contribution in [0.1, 0.15) is 39.7 Å². The Morgan fingerprint density at radius 2 is 1.84 bits per heavy atom. The second kappa shape index (κ2) is 9.25. The third-order valence-electron chi connectivity index (χ3n) is 4.92. The molecule has 0 bridgehead atoms. The fourth-order valence-corrected chi connectivity index (χ4v) is 3.51. The first-order valence-electron chi connectivity index (χ1n) is 9.50. The summed E-state index contributed by atoms with van der Waals surface area (Å²) >= 11 is 0. The van der Waals surface area contributed by atoms with Gasteiger partial charge in [-0.2, -0.15) is 0 Å². The first kappa shape index (κ1) is 24.0. The topological polar surface area (TPSA) is 63.6 Å². The Labute approximate surface area is 179 Å². The molecule has 0 spiro atoms. The minimum Gasteiger partial charge on any atom is -0.478 e. The summed E-state index contributed by atoms with van der Waals surface area (Å²) in [5, 5.41) is 8.86. The lowest BCUT2D eigenvalue weighted by Crippen LogP contribution is -2.33. The number of ether oxygens (including phenoxy) is 1. The molecule has 1 aromatic carbocycles. The van der Waals surface area contributed by atoms with E-state index in [1.165, 1.54) is 12.1 Å². The van der Waals surface area contributed by atoms with Gasteiger partial charge in [-0.3, -0.25) is 4.79 Å². The van der Waals surface area contributed by atoms with Crippen LogP contribution in [0.4, 0.5) is 13.2 Å². The standard InChI is InChI=1S/C24H23F3O4/c1-15(13-22(29)30)5-12-20-16(2)19(21(28)14-23(20,3)4)11-8-17-6-9-18(10-7-17)31-24(25,26)27/h5-7,9-10,12-13,20H,14H2,1-4H3,(H,29,30)/b12-5+,15-13-. The highest BCUT2D eigenvalue weighted by atomic mass is 19.4. The van der Waals surface area contributed by atoms with E-state index in [9.17, 15) is 22.8 Å². The Morgan fingerprint density at radius 1 is 1.23 bits per heavy atom. The van der Waals surface area contributed by atoms with Crippen molar-refractivity contribution >= 4 is 11.8 Å². The predicted octanol–water partition coefficient (Wildman–Crippen LogP) is 5.46. The van der Waals surface area contributed by atoms with Crippen molar-refractivity contribution < 1.29 is 32.6 Å². The van der Waals surface area contributed by atoms with E-state index >= 15 is 0 Å². The van der Waals surface area contributed by atoms with Crippen molar-refractivity contribution in [1.82, 2.24) is 0 Å². The quantitative estimate of drug-likeness (QED) is 0.390. The first-order chi connectivity index (χ1) is 14.3. The SMILES string of the molecule is CC1=C(C#Cc2ccc(OC(F)(F)F)cc2)C(=O)CC(C)(C)C1/C=C/C(C)=C\C(=O)O. The molecule has 0 fully saturated rings. The van der Waals surface area contributed by atoms with Gasteiger partial charge in [0.2, 0.25) is 0 Å². The molecule has 0 aromatic heterocycles. The average Bonchev–Trinajstić information content (AvgIpc) is 2.60. The summed E-state index contributed by atoms with van der Waals surface area (Å²) < 4.78 is 40.6. The molecule has 1 aromatic rings. The van der Waals surface area contributed by atoms with Crippen molar-refractivity contribution in [2.45, 2.75) is 40.5 Å². The highest BCUT2D eigenvalue weighted by Gasteiger charge is 2.38. The van der Waals surface area contributed by atoms with Crippen LogP contribution in [0.3, 0.4) is 0 Å². The molecule has 31 heavy (non-hydrogen) atoms. The van der Waals surface area contributed by atoms with Crippen molar-refractivity contribution in [3.05, 3.63) is 64.8 Å². The Kier molecular flexibility index (Phi) is 7.17. The maximum atomic E-state index is 12.7. The van der Waals surface area contributed by atoms with Gasteiger partial charge in [0.05, 0.1) is 5.57 Å². The highest BCUT2D eigenvalue weighted by Crippen LogP contribution is 2.43. The number of Topliss-reactive ketones (excluding diaryl/α,β-unsaturated/α-hetero) is 1. The van der Waals surface area contributed by atoms with Crippen molar-refractivity contribution in [3.63, 3.8) is 0 Å². The molecule has 0 aliphatic heterocycles. The molecule has 1 aliphatic rings. The van der Waals surface area contributed by atoms with Gasteiger partial charge in [0.1, 0.15) is 5.75 Å². The molecule has 0 amide bonds.